The van der Waals surface area contributed by atoms with Crippen molar-refractivity contribution in [2.24, 2.45) is 7.05 Å². The van der Waals surface area contributed by atoms with Crippen molar-refractivity contribution in [3.8, 4) is 11.1 Å². The lowest BCUT2D eigenvalue weighted by Gasteiger charge is -2.32. The molecule has 0 saturated carbocycles. The van der Waals surface area contributed by atoms with Crippen LogP contribution in [0.4, 0.5) is 4.79 Å². The van der Waals surface area contributed by atoms with Gasteiger partial charge >= 0.3 is 13.2 Å². The van der Waals surface area contributed by atoms with E-state index in [1.165, 1.54) is 22.3 Å². The third-order valence-corrected chi connectivity index (χ3v) is 8.46. The summed E-state index contributed by atoms with van der Waals surface area (Å²) in [5, 5.41) is 8.35. The lowest BCUT2D eigenvalue weighted by Crippen LogP contribution is -2.41. The first-order valence-corrected chi connectivity index (χ1v) is 13.7. The quantitative estimate of drug-likeness (QED) is 0.301. The number of alkyl carbamates (subject to hydrolysis) is 1. The molecule has 0 unspecified atom stereocenters. The number of hydrogen-bond acceptors (Lipinski definition) is 5. The summed E-state index contributed by atoms with van der Waals surface area (Å²) in [5.74, 6) is 0.00174. The van der Waals surface area contributed by atoms with Crippen molar-refractivity contribution in [1.82, 2.24) is 15.1 Å². The monoisotopic (exact) mass is 535 g/mol. The smallest absolute Gasteiger partial charge is 0.449 e. The highest BCUT2D eigenvalue weighted by Crippen LogP contribution is 2.44. The summed E-state index contributed by atoms with van der Waals surface area (Å²) in [6.45, 7) is 8.55. The largest absolute Gasteiger partial charge is 0.492 e. The molecule has 40 heavy (non-hydrogen) atoms. The van der Waals surface area contributed by atoms with Crippen molar-refractivity contribution in [2.45, 2.75) is 44.8 Å². The van der Waals surface area contributed by atoms with Crippen molar-refractivity contribution in [2.75, 3.05) is 13.2 Å². The number of hydrogen-bond donors (Lipinski definition) is 1. The standard InChI is InChI=1S/C32H34BN3O4/c1-31(2)32(3,4)40-33(39-31)23(16-21-14-15-22-18-35-36(5)29(22)17-21)19-34-30(37)38-20-28-26-12-8-6-10-24(26)25-11-7-9-13-27(25)28/h6-18,28H,19-20H2,1-5H3,(H,34,37). The molecule has 1 N–H and O–H groups in total. The van der Waals surface area contributed by atoms with Crippen molar-refractivity contribution >= 4 is 30.2 Å². The van der Waals surface area contributed by atoms with E-state index in [2.05, 4.69) is 40.7 Å². The number of aromatic nitrogens is 2. The fourth-order valence-corrected chi connectivity index (χ4v) is 5.49. The topological polar surface area (TPSA) is 74.6 Å². The first kappa shape index (κ1) is 26.4. The first-order chi connectivity index (χ1) is 19.1. The molecule has 1 saturated heterocycles. The highest BCUT2D eigenvalue weighted by molar-refractivity contribution is 6.56. The van der Waals surface area contributed by atoms with E-state index in [1.54, 1.807) is 0 Å². The van der Waals surface area contributed by atoms with Crippen LogP contribution in [0.15, 0.2) is 78.4 Å². The number of fused-ring (bicyclic) bond motifs is 4. The van der Waals surface area contributed by atoms with Crippen LogP contribution in [0.1, 0.15) is 50.3 Å². The molecule has 1 aliphatic heterocycles. The normalized spacial score (nSPS) is 17.6. The molecule has 0 spiro atoms. The Morgan fingerprint density at radius 3 is 2.27 bits per heavy atom. The Labute approximate surface area is 235 Å². The maximum absolute atomic E-state index is 13.0. The van der Waals surface area contributed by atoms with Gasteiger partial charge in [0.05, 0.1) is 22.9 Å². The molecule has 4 aromatic rings. The molecular weight excluding hydrogens is 501 g/mol. The number of carbonyl (C=O) groups excluding carboxylic acids is 1. The summed E-state index contributed by atoms with van der Waals surface area (Å²) in [6.07, 6.45) is 3.38. The second-order valence-electron chi connectivity index (χ2n) is 11.6. The van der Waals surface area contributed by atoms with Crippen LogP contribution in [-0.4, -0.2) is 47.3 Å². The lowest BCUT2D eigenvalue weighted by atomic mass is 9.77. The molecule has 0 bridgehead atoms. The molecule has 1 fully saturated rings. The summed E-state index contributed by atoms with van der Waals surface area (Å²) in [4.78, 5) is 13.0. The molecule has 0 atom stereocenters. The predicted molar refractivity (Wildman–Crippen MR) is 158 cm³/mol. The van der Waals surface area contributed by atoms with Gasteiger partial charge in [0, 0.05) is 24.9 Å². The fourth-order valence-electron chi connectivity index (χ4n) is 5.49. The minimum absolute atomic E-state index is 0.00174. The van der Waals surface area contributed by atoms with Crippen LogP contribution in [0.5, 0.6) is 0 Å². The summed E-state index contributed by atoms with van der Waals surface area (Å²) >= 11 is 0. The summed E-state index contributed by atoms with van der Waals surface area (Å²) in [7, 11) is 1.31. The van der Waals surface area contributed by atoms with E-state index in [0.717, 1.165) is 21.9 Å². The lowest BCUT2D eigenvalue weighted by molar-refractivity contribution is 0.00578. The van der Waals surface area contributed by atoms with Gasteiger partial charge in [0.15, 0.2) is 0 Å². The van der Waals surface area contributed by atoms with Crippen LogP contribution in [-0.2, 0) is 21.1 Å². The fraction of sp³-hybridized carbons (Fsp3) is 0.312. The zero-order valence-corrected chi connectivity index (χ0v) is 23.6. The van der Waals surface area contributed by atoms with Crippen molar-refractivity contribution in [3.63, 3.8) is 0 Å². The highest BCUT2D eigenvalue weighted by Gasteiger charge is 2.52. The van der Waals surface area contributed by atoms with E-state index >= 15 is 0 Å². The number of benzene rings is 3. The van der Waals surface area contributed by atoms with Gasteiger partial charge in [0.1, 0.15) is 6.61 Å². The number of carbonyl (C=O) groups is 1. The SMILES string of the molecule is Cn1ncc2ccc(C=C(CNC(=O)OCC3c4ccccc4-c4ccccc43)B3OC(C)(C)C(C)(C)O3)cc21. The Kier molecular flexibility index (Phi) is 6.55. The number of aryl methyl sites for hydroxylation is 1. The maximum Gasteiger partial charge on any atom is 0.492 e. The number of nitrogens with one attached hydrogen (secondary N) is 1. The van der Waals surface area contributed by atoms with E-state index in [-0.39, 0.29) is 19.1 Å². The van der Waals surface area contributed by atoms with Gasteiger partial charge < -0.3 is 19.4 Å². The van der Waals surface area contributed by atoms with E-state index in [0.29, 0.717) is 0 Å². The van der Waals surface area contributed by atoms with Gasteiger partial charge in [0.25, 0.3) is 0 Å². The Bertz CT molecular complexity index is 1560. The van der Waals surface area contributed by atoms with Crippen LogP contribution < -0.4 is 5.32 Å². The molecule has 0 radical (unpaired) electrons. The molecule has 1 aliphatic carbocycles. The second kappa shape index (κ2) is 9.95. The highest BCUT2D eigenvalue weighted by atomic mass is 16.7. The first-order valence-electron chi connectivity index (χ1n) is 13.7. The van der Waals surface area contributed by atoms with Crippen LogP contribution >= 0.6 is 0 Å². The number of rotatable bonds is 6. The van der Waals surface area contributed by atoms with Gasteiger partial charge in [-0.1, -0.05) is 66.7 Å². The Balaban J connectivity index is 1.19. The third kappa shape index (κ3) is 4.71. The molecule has 7 nitrogen and oxygen atoms in total. The predicted octanol–water partition coefficient (Wildman–Crippen LogP) is 6.13. The molecule has 3 aromatic carbocycles. The Morgan fingerprint density at radius 2 is 1.62 bits per heavy atom. The molecule has 8 heteroatoms. The minimum atomic E-state index is -0.610. The van der Waals surface area contributed by atoms with Crippen molar-refractivity contribution < 1.29 is 18.8 Å². The molecule has 1 amide bonds. The van der Waals surface area contributed by atoms with E-state index in [1.807, 2.05) is 88.1 Å². The van der Waals surface area contributed by atoms with Crippen molar-refractivity contribution in [3.05, 3.63) is 95.1 Å². The number of nitrogens with zero attached hydrogens (tertiary/aromatic N) is 2. The van der Waals surface area contributed by atoms with Crippen LogP contribution in [0, 0.1) is 0 Å². The summed E-state index contributed by atoms with van der Waals surface area (Å²) < 4.78 is 20.3. The van der Waals surface area contributed by atoms with Crippen LogP contribution in [0.3, 0.4) is 0 Å². The molecule has 2 aliphatic rings. The average molecular weight is 535 g/mol. The molecule has 2 heterocycles. The summed E-state index contributed by atoms with van der Waals surface area (Å²) in [5.41, 5.74) is 6.53. The van der Waals surface area contributed by atoms with E-state index < -0.39 is 24.4 Å². The average Bonchev–Trinajstić information content (AvgIpc) is 3.53. The Morgan fingerprint density at radius 1 is 1.00 bits per heavy atom. The van der Waals surface area contributed by atoms with Crippen molar-refractivity contribution in [1.29, 1.82) is 0 Å². The van der Waals surface area contributed by atoms with Gasteiger partial charge in [0.2, 0.25) is 0 Å². The van der Waals surface area contributed by atoms with Gasteiger partial charge in [-0.2, -0.15) is 5.10 Å². The maximum atomic E-state index is 13.0. The van der Waals surface area contributed by atoms with E-state index in [9.17, 15) is 4.79 Å². The van der Waals surface area contributed by atoms with Gasteiger partial charge in [-0.3, -0.25) is 4.68 Å². The van der Waals surface area contributed by atoms with E-state index in [4.69, 9.17) is 14.0 Å². The third-order valence-electron chi connectivity index (χ3n) is 8.46. The minimum Gasteiger partial charge on any atom is -0.449 e. The Hall–Kier alpha value is -3.88. The number of ether oxygens (including phenoxy) is 1. The second-order valence-corrected chi connectivity index (χ2v) is 11.6. The van der Waals surface area contributed by atoms with Crippen LogP contribution in [0.2, 0.25) is 0 Å². The molecular formula is C32H34BN3O4. The zero-order chi connectivity index (χ0) is 28.1. The summed E-state index contributed by atoms with van der Waals surface area (Å²) in [6, 6.07) is 22.8. The van der Waals surface area contributed by atoms with Crippen LogP contribution in [0.25, 0.3) is 28.1 Å². The number of amides is 1. The molecule has 6 rings (SSSR count). The van der Waals surface area contributed by atoms with Gasteiger partial charge in [-0.25, -0.2) is 4.79 Å². The van der Waals surface area contributed by atoms with Gasteiger partial charge in [-0.15, -0.1) is 0 Å². The van der Waals surface area contributed by atoms with Gasteiger partial charge in [-0.05, 0) is 67.1 Å². The molecule has 1 aromatic heterocycles. The zero-order valence-electron chi connectivity index (χ0n) is 23.6. The molecule has 204 valence electrons.